The molecular weight excluding hydrogens is 360 g/mol. The van der Waals surface area contributed by atoms with Crippen LogP contribution in [0.5, 0.6) is 0 Å². The molecule has 0 aliphatic carbocycles. The molecule has 0 saturated carbocycles. The number of hydrogen-bond acceptors (Lipinski definition) is 2. The summed E-state index contributed by atoms with van der Waals surface area (Å²) in [6, 6.07) is 11.9. The molecule has 2 aromatic carbocycles. The number of rotatable bonds is 2. The Kier molecular flexibility index (Phi) is 4.58. The molecule has 0 radical (unpaired) electrons. The number of H-pyrrole nitrogens is 1. The predicted molar refractivity (Wildman–Crippen MR) is 92.3 cm³/mol. The van der Waals surface area contributed by atoms with Crippen molar-refractivity contribution in [1.29, 1.82) is 5.26 Å². The monoisotopic (exact) mass is 372 g/mol. The fraction of sp³-hybridized carbons (Fsp3) is 0.100. The van der Waals surface area contributed by atoms with Crippen molar-refractivity contribution in [1.82, 2.24) is 4.98 Å². The average molecular weight is 372 g/mol. The highest BCUT2D eigenvalue weighted by atomic mass is 19.4. The van der Waals surface area contributed by atoms with Crippen LogP contribution in [0.4, 0.5) is 17.6 Å². The van der Waals surface area contributed by atoms with Crippen LogP contribution in [0.3, 0.4) is 0 Å². The van der Waals surface area contributed by atoms with Gasteiger partial charge in [-0.15, -0.1) is 0 Å². The summed E-state index contributed by atoms with van der Waals surface area (Å²) in [6.45, 7) is 1.83. The highest BCUT2D eigenvalue weighted by Gasteiger charge is 2.31. The van der Waals surface area contributed by atoms with Gasteiger partial charge in [-0.3, -0.25) is 4.79 Å². The number of benzene rings is 2. The van der Waals surface area contributed by atoms with Gasteiger partial charge < -0.3 is 4.98 Å². The zero-order valence-electron chi connectivity index (χ0n) is 14.0. The number of aryl methyl sites for hydroxylation is 1. The summed E-state index contributed by atoms with van der Waals surface area (Å²) in [5.74, 6) is -0.958. The van der Waals surface area contributed by atoms with Crippen LogP contribution in [-0.4, -0.2) is 4.98 Å². The summed E-state index contributed by atoms with van der Waals surface area (Å²) < 4.78 is 53.3. The first-order valence-electron chi connectivity index (χ1n) is 7.82. The summed E-state index contributed by atoms with van der Waals surface area (Å²) in [6.07, 6.45) is -4.68. The van der Waals surface area contributed by atoms with Gasteiger partial charge in [-0.1, -0.05) is 23.8 Å². The minimum atomic E-state index is -4.68. The van der Waals surface area contributed by atoms with Crippen molar-refractivity contribution in [2.45, 2.75) is 13.1 Å². The van der Waals surface area contributed by atoms with Gasteiger partial charge in [-0.05, 0) is 42.8 Å². The van der Waals surface area contributed by atoms with E-state index in [-0.39, 0.29) is 11.3 Å². The van der Waals surface area contributed by atoms with Crippen LogP contribution >= 0.6 is 0 Å². The second-order valence-corrected chi connectivity index (χ2v) is 5.97. The molecule has 7 heteroatoms. The summed E-state index contributed by atoms with van der Waals surface area (Å²) in [7, 11) is 0. The van der Waals surface area contributed by atoms with Gasteiger partial charge in [-0.2, -0.15) is 18.4 Å². The average Bonchev–Trinajstić information content (AvgIpc) is 2.60. The van der Waals surface area contributed by atoms with Gasteiger partial charge in [0.2, 0.25) is 0 Å². The number of hydrogen-bond donors (Lipinski definition) is 1. The molecule has 3 nitrogen and oxygen atoms in total. The maximum atomic E-state index is 14.3. The molecule has 0 fully saturated rings. The Bertz CT molecular complexity index is 1120. The van der Waals surface area contributed by atoms with E-state index in [2.05, 4.69) is 4.98 Å². The minimum Gasteiger partial charge on any atom is -0.321 e. The van der Waals surface area contributed by atoms with Gasteiger partial charge in [0.1, 0.15) is 17.4 Å². The van der Waals surface area contributed by atoms with Crippen molar-refractivity contribution in [3.8, 4) is 28.5 Å². The minimum absolute atomic E-state index is 0.193. The molecule has 0 amide bonds. The molecule has 27 heavy (non-hydrogen) atoms. The lowest BCUT2D eigenvalue weighted by atomic mass is 9.96. The maximum Gasteiger partial charge on any atom is 0.416 e. The number of nitrogens with one attached hydrogen (secondary N) is 1. The van der Waals surface area contributed by atoms with E-state index in [1.54, 1.807) is 24.3 Å². The molecule has 1 N–H and O–H groups in total. The first-order valence-corrected chi connectivity index (χ1v) is 7.82. The van der Waals surface area contributed by atoms with Crippen molar-refractivity contribution >= 4 is 0 Å². The van der Waals surface area contributed by atoms with Gasteiger partial charge in [-0.25, -0.2) is 4.39 Å². The number of aromatic amines is 1. The van der Waals surface area contributed by atoms with Crippen molar-refractivity contribution < 1.29 is 17.6 Å². The third-order valence-electron chi connectivity index (χ3n) is 4.06. The molecule has 0 unspecified atom stereocenters. The highest BCUT2D eigenvalue weighted by Crippen LogP contribution is 2.35. The van der Waals surface area contributed by atoms with Crippen LogP contribution in [-0.2, 0) is 6.18 Å². The lowest BCUT2D eigenvalue weighted by molar-refractivity contribution is -0.137. The predicted octanol–water partition coefficient (Wildman–Crippen LogP) is 5.05. The number of aromatic nitrogens is 1. The van der Waals surface area contributed by atoms with E-state index >= 15 is 0 Å². The zero-order chi connectivity index (χ0) is 19.8. The fourth-order valence-corrected chi connectivity index (χ4v) is 2.76. The van der Waals surface area contributed by atoms with E-state index in [0.29, 0.717) is 23.8 Å². The van der Waals surface area contributed by atoms with Crippen molar-refractivity contribution in [3.05, 3.63) is 81.4 Å². The molecule has 1 aromatic heterocycles. The zero-order valence-corrected chi connectivity index (χ0v) is 14.0. The second kappa shape index (κ2) is 6.72. The molecular formula is C20H12F4N2O. The van der Waals surface area contributed by atoms with Crippen LogP contribution in [0.2, 0.25) is 0 Å². The molecule has 0 spiro atoms. The van der Waals surface area contributed by atoms with Crippen molar-refractivity contribution in [2.24, 2.45) is 0 Å². The van der Waals surface area contributed by atoms with Crippen molar-refractivity contribution in [3.63, 3.8) is 0 Å². The lowest BCUT2D eigenvalue weighted by Gasteiger charge is -2.12. The lowest BCUT2D eigenvalue weighted by Crippen LogP contribution is -2.13. The molecule has 0 aliphatic rings. The normalized spacial score (nSPS) is 11.3. The number of nitriles is 1. The van der Waals surface area contributed by atoms with Crippen LogP contribution in [0.1, 0.15) is 16.7 Å². The smallest absolute Gasteiger partial charge is 0.321 e. The molecule has 0 saturated heterocycles. The van der Waals surface area contributed by atoms with Crippen LogP contribution in [0.15, 0.2) is 53.3 Å². The molecule has 0 atom stereocenters. The SMILES string of the molecule is Cc1cccc(-c2cc(-c3cc(C(F)(F)F)ccc3F)c(C#N)c(=O)[nH]2)c1. The van der Waals surface area contributed by atoms with E-state index in [0.717, 1.165) is 5.56 Å². The van der Waals surface area contributed by atoms with Crippen LogP contribution < -0.4 is 5.56 Å². The Morgan fingerprint density at radius 1 is 1.04 bits per heavy atom. The molecule has 3 rings (SSSR count). The largest absolute Gasteiger partial charge is 0.416 e. The Balaban J connectivity index is 2.30. The van der Waals surface area contributed by atoms with Gasteiger partial charge in [0, 0.05) is 16.8 Å². The maximum absolute atomic E-state index is 14.3. The Morgan fingerprint density at radius 3 is 2.41 bits per heavy atom. The van der Waals surface area contributed by atoms with Crippen molar-refractivity contribution in [2.75, 3.05) is 0 Å². The topological polar surface area (TPSA) is 56.6 Å². The van der Waals surface area contributed by atoms with E-state index in [4.69, 9.17) is 0 Å². The standard InChI is InChI=1S/C20H12F4N2O/c1-11-3-2-4-12(7-11)18-9-14(16(10-25)19(27)26-18)15-8-13(20(22,23)24)5-6-17(15)21/h2-9H,1H3,(H,26,27). The molecule has 0 bridgehead atoms. The third-order valence-corrected chi connectivity index (χ3v) is 4.06. The van der Waals surface area contributed by atoms with Gasteiger partial charge in [0.15, 0.2) is 0 Å². The van der Waals surface area contributed by atoms with Gasteiger partial charge in [0.05, 0.1) is 5.56 Å². The van der Waals surface area contributed by atoms with Gasteiger partial charge >= 0.3 is 6.18 Å². The van der Waals surface area contributed by atoms with Crippen LogP contribution in [0, 0.1) is 24.1 Å². The van der Waals surface area contributed by atoms with Gasteiger partial charge in [0.25, 0.3) is 5.56 Å². The van der Waals surface area contributed by atoms with E-state index < -0.39 is 34.2 Å². The summed E-state index contributed by atoms with van der Waals surface area (Å²) in [4.78, 5) is 14.8. The Hall–Kier alpha value is -3.40. The Labute approximate surface area is 151 Å². The molecule has 1 heterocycles. The molecule has 136 valence electrons. The number of pyridine rings is 1. The molecule has 3 aromatic rings. The summed E-state index contributed by atoms with van der Waals surface area (Å²) >= 11 is 0. The quantitative estimate of drug-likeness (QED) is 0.640. The van der Waals surface area contributed by atoms with E-state index in [1.165, 1.54) is 6.07 Å². The van der Waals surface area contributed by atoms with E-state index in [1.807, 2.05) is 13.0 Å². The Morgan fingerprint density at radius 2 is 1.78 bits per heavy atom. The number of alkyl halides is 3. The van der Waals surface area contributed by atoms with Crippen LogP contribution in [0.25, 0.3) is 22.4 Å². The van der Waals surface area contributed by atoms with E-state index in [9.17, 15) is 27.6 Å². The fourth-order valence-electron chi connectivity index (χ4n) is 2.76. The highest BCUT2D eigenvalue weighted by molar-refractivity contribution is 5.76. The third kappa shape index (κ3) is 3.60. The number of nitrogens with zero attached hydrogens (tertiary/aromatic N) is 1. The molecule has 0 aliphatic heterocycles. The summed E-state index contributed by atoms with van der Waals surface area (Å²) in [5, 5.41) is 9.27. The first-order chi connectivity index (χ1) is 12.7. The number of halogens is 4. The first kappa shape index (κ1) is 18.4. The second-order valence-electron chi connectivity index (χ2n) is 5.97. The summed E-state index contributed by atoms with van der Waals surface area (Å²) in [5.41, 5.74) is -1.22.